The predicted octanol–water partition coefficient (Wildman–Crippen LogP) is 4.78. The average Bonchev–Trinajstić information content (AvgIpc) is 3.06. The number of halogens is 1. The van der Waals surface area contributed by atoms with Gasteiger partial charge in [0.15, 0.2) is 0 Å². The largest absolute Gasteiger partial charge is 0.465 e. The van der Waals surface area contributed by atoms with E-state index >= 15 is 0 Å². The molecule has 36 heavy (non-hydrogen) atoms. The minimum Gasteiger partial charge on any atom is -0.465 e. The number of nitrogens with one attached hydrogen (secondary N) is 2. The van der Waals surface area contributed by atoms with E-state index in [2.05, 4.69) is 10.6 Å². The van der Waals surface area contributed by atoms with E-state index in [4.69, 9.17) is 16.3 Å². The maximum atomic E-state index is 13.1. The molecule has 182 valence electrons. The van der Waals surface area contributed by atoms with E-state index in [0.717, 1.165) is 16.0 Å². The molecule has 0 aliphatic carbocycles. The van der Waals surface area contributed by atoms with E-state index in [9.17, 15) is 19.2 Å². The zero-order valence-corrected chi connectivity index (χ0v) is 20.5. The van der Waals surface area contributed by atoms with Gasteiger partial charge in [-0.2, -0.15) is 0 Å². The van der Waals surface area contributed by atoms with Gasteiger partial charge in [0, 0.05) is 16.9 Å². The molecule has 0 aromatic heterocycles. The molecule has 2 N–H and O–H groups in total. The highest BCUT2D eigenvalue weighted by atomic mass is 35.5. The lowest BCUT2D eigenvalue weighted by Crippen LogP contribution is -2.32. The molecule has 3 aromatic carbocycles. The fraction of sp³-hybridized carbons (Fsp3) is 0.111. The molecule has 0 fully saturated rings. The van der Waals surface area contributed by atoms with Crippen LogP contribution in [0, 0.1) is 13.8 Å². The number of carbonyl (C=O) groups is 4. The van der Waals surface area contributed by atoms with Crippen molar-refractivity contribution in [1.29, 1.82) is 0 Å². The number of ether oxygens (including phenoxy) is 1. The molecule has 1 aliphatic rings. The smallest absolute Gasteiger partial charge is 0.337 e. The van der Waals surface area contributed by atoms with Crippen LogP contribution in [0.3, 0.4) is 0 Å². The van der Waals surface area contributed by atoms with Crippen LogP contribution < -0.4 is 15.5 Å². The molecule has 8 nitrogen and oxygen atoms in total. The minimum absolute atomic E-state index is 0.0795. The molecule has 0 saturated carbocycles. The second-order valence-electron chi connectivity index (χ2n) is 8.21. The van der Waals surface area contributed by atoms with Gasteiger partial charge in [0.1, 0.15) is 10.7 Å². The SMILES string of the molecule is COC(=O)c1cccc(NC(=O)c2cccc(NC3=C(Cl)C(=O)N(c4cc(C)cc(C)c4)C3=O)c2)c1. The Morgan fingerprint density at radius 1 is 0.833 bits per heavy atom. The van der Waals surface area contributed by atoms with Gasteiger partial charge < -0.3 is 15.4 Å². The quantitative estimate of drug-likeness (QED) is 0.370. The molecule has 9 heteroatoms. The van der Waals surface area contributed by atoms with Crippen LogP contribution in [-0.2, 0) is 14.3 Å². The van der Waals surface area contributed by atoms with E-state index in [-0.39, 0.29) is 16.3 Å². The Balaban J connectivity index is 1.53. The van der Waals surface area contributed by atoms with E-state index in [1.165, 1.54) is 19.2 Å². The number of imide groups is 1. The molecule has 1 heterocycles. The van der Waals surface area contributed by atoms with Crippen molar-refractivity contribution in [3.63, 3.8) is 0 Å². The Morgan fingerprint density at radius 3 is 2.11 bits per heavy atom. The number of carbonyl (C=O) groups excluding carboxylic acids is 4. The first-order chi connectivity index (χ1) is 17.2. The summed E-state index contributed by atoms with van der Waals surface area (Å²) in [6.07, 6.45) is 0. The van der Waals surface area contributed by atoms with Crippen molar-refractivity contribution in [3.8, 4) is 0 Å². The lowest BCUT2D eigenvalue weighted by Gasteiger charge is -2.16. The average molecular weight is 504 g/mol. The van der Waals surface area contributed by atoms with Gasteiger partial charge in [-0.15, -0.1) is 0 Å². The molecular formula is C27H22ClN3O5. The number of esters is 1. The number of hydrogen-bond donors (Lipinski definition) is 2. The summed E-state index contributed by atoms with van der Waals surface area (Å²) >= 11 is 6.25. The van der Waals surface area contributed by atoms with E-state index in [1.54, 1.807) is 48.5 Å². The van der Waals surface area contributed by atoms with Gasteiger partial charge in [-0.25, -0.2) is 9.69 Å². The molecule has 0 unspecified atom stereocenters. The first kappa shape index (κ1) is 24.7. The van der Waals surface area contributed by atoms with E-state index < -0.39 is 23.7 Å². The van der Waals surface area contributed by atoms with Gasteiger partial charge >= 0.3 is 5.97 Å². The molecule has 0 saturated heterocycles. The van der Waals surface area contributed by atoms with Gasteiger partial charge in [-0.05, 0) is 73.5 Å². The van der Waals surface area contributed by atoms with Gasteiger partial charge in [-0.1, -0.05) is 29.8 Å². The van der Waals surface area contributed by atoms with Crippen molar-refractivity contribution in [2.45, 2.75) is 13.8 Å². The summed E-state index contributed by atoms with van der Waals surface area (Å²) < 4.78 is 4.70. The third-order valence-corrected chi connectivity index (χ3v) is 5.78. The molecule has 4 rings (SSSR count). The zero-order valence-electron chi connectivity index (χ0n) is 19.7. The van der Waals surface area contributed by atoms with Gasteiger partial charge in [0.25, 0.3) is 17.7 Å². The van der Waals surface area contributed by atoms with Gasteiger partial charge in [-0.3, -0.25) is 14.4 Å². The zero-order chi connectivity index (χ0) is 26.0. The van der Waals surface area contributed by atoms with Crippen LogP contribution in [0.1, 0.15) is 31.8 Å². The first-order valence-electron chi connectivity index (χ1n) is 10.9. The van der Waals surface area contributed by atoms with Gasteiger partial charge in [0.2, 0.25) is 0 Å². The van der Waals surface area contributed by atoms with E-state index in [1.807, 2.05) is 19.9 Å². The summed E-state index contributed by atoms with van der Waals surface area (Å²) in [5, 5.41) is 5.36. The minimum atomic E-state index is -0.631. The van der Waals surface area contributed by atoms with Gasteiger partial charge in [0.05, 0.1) is 18.4 Å². The topological polar surface area (TPSA) is 105 Å². The number of methoxy groups -OCH3 is 1. The van der Waals surface area contributed by atoms with Crippen LogP contribution in [0.15, 0.2) is 77.5 Å². The van der Waals surface area contributed by atoms with Crippen LogP contribution >= 0.6 is 11.6 Å². The Kier molecular flexibility index (Phi) is 6.89. The molecule has 1 aliphatic heterocycles. The van der Waals surface area contributed by atoms with Crippen molar-refractivity contribution >= 4 is 52.4 Å². The molecule has 3 aromatic rings. The summed E-state index contributed by atoms with van der Waals surface area (Å²) in [7, 11) is 1.28. The van der Waals surface area contributed by atoms with Crippen molar-refractivity contribution in [3.05, 3.63) is 99.7 Å². The number of aryl methyl sites for hydroxylation is 2. The fourth-order valence-corrected chi connectivity index (χ4v) is 4.07. The summed E-state index contributed by atoms with van der Waals surface area (Å²) in [5.41, 5.74) is 3.53. The molecule has 0 atom stereocenters. The highest BCUT2D eigenvalue weighted by Crippen LogP contribution is 2.31. The second-order valence-corrected chi connectivity index (χ2v) is 8.59. The van der Waals surface area contributed by atoms with Crippen LogP contribution in [0.4, 0.5) is 17.1 Å². The second kappa shape index (κ2) is 10.1. The lowest BCUT2D eigenvalue weighted by atomic mass is 10.1. The maximum Gasteiger partial charge on any atom is 0.337 e. The van der Waals surface area contributed by atoms with Crippen molar-refractivity contribution in [2.24, 2.45) is 0 Å². The van der Waals surface area contributed by atoms with Crippen LogP contribution in [0.5, 0.6) is 0 Å². The lowest BCUT2D eigenvalue weighted by molar-refractivity contribution is -0.120. The van der Waals surface area contributed by atoms with Crippen LogP contribution in [0.2, 0.25) is 0 Å². The Morgan fingerprint density at radius 2 is 1.44 bits per heavy atom. The maximum absolute atomic E-state index is 13.1. The Bertz CT molecular complexity index is 1430. The Labute approximate surface area is 212 Å². The number of anilines is 3. The number of nitrogens with zero attached hydrogens (tertiary/aromatic N) is 1. The predicted molar refractivity (Wildman–Crippen MR) is 137 cm³/mol. The van der Waals surface area contributed by atoms with Crippen molar-refractivity contribution < 1.29 is 23.9 Å². The molecule has 3 amide bonds. The molecule has 0 bridgehead atoms. The number of amides is 3. The molecule has 0 spiro atoms. The molecule has 0 radical (unpaired) electrons. The highest BCUT2D eigenvalue weighted by Gasteiger charge is 2.39. The third kappa shape index (κ3) is 4.99. The molecular weight excluding hydrogens is 482 g/mol. The third-order valence-electron chi connectivity index (χ3n) is 5.43. The number of benzene rings is 3. The van der Waals surface area contributed by atoms with E-state index in [0.29, 0.717) is 22.6 Å². The first-order valence-corrected chi connectivity index (χ1v) is 11.3. The summed E-state index contributed by atoms with van der Waals surface area (Å²) in [6.45, 7) is 3.75. The van der Waals surface area contributed by atoms with Crippen LogP contribution in [0.25, 0.3) is 0 Å². The Hall–Kier alpha value is -4.43. The number of hydrogen-bond acceptors (Lipinski definition) is 6. The monoisotopic (exact) mass is 503 g/mol. The summed E-state index contributed by atoms with van der Waals surface area (Å²) in [6, 6.07) is 18.1. The standard InChI is InChI=1S/C27H22ClN3O5/c1-15-10-16(2)12-21(11-15)31-25(33)22(28)23(26(31)34)29-19-8-4-6-17(13-19)24(32)30-20-9-5-7-18(14-20)27(35)36-3/h4-14,29H,1-3H3,(H,30,32). The van der Waals surface area contributed by atoms with Crippen molar-refractivity contribution in [1.82, 2.24) is 0 Å². The van der Waals surface area contributed by atoms with Crippen LogP contribution in [-0.4, -0.2) is 30.8 Å². The fourth-order valence-electron chi connectivity index (χ4n) is 3.85. The normalized spacial score (nSPS) is 13.2. The highest BCUT2D eigenvalue weighted by molar-refractivity contribution is 6.53. The number of rotatable bonds is 6. The summed E-state index contributed by atoms with van der Waals surface area (Å²) in [5.74, 6) is -2.18. The van der Waals surface area contributed by atoms with Crippen molar-refractivity contribution in [2.75, 3.05) is 22.6 Å². The summed E-state index contributed by atoms with van der Waals surface area (Å²) in [4.78, 5) is 51.5.